The van der Waals surface area contributed by atoms with E-state index in [-0.39, 0.29) is 5.54 Å². The molecule has 3 rings (SSSR count). The average Bonchev–Trinajstić information content (AvgIpc) is 2.56. The highest BCUT2D eigenvalue weighted by Crippen LogP contribution is 2.39. The van der Waals surface area contributed by atoms with Gasteiger partial charge < -0.3 is 10.1 Å². The minimum atomic E-state index is 0.139. The molecular formula is C18H20Br2N2OS. The number of rotatable bonds is 7. The topological polar surface area (TPSA) is 33.3 Å². The molecule has 0 aromatic heterocycles. The molecule has 2 N–H and O–H groups in total. The van der Waals surface area contributed by atoms with Gasteiger partial charge in [-0.15, -0.1) is 0 Å². The molecule has 0 atom stereocenters. The largest absolute Gasteiger partial charge is 0.496 e. The van der Waals surface area contributed by atoms with Crippen LogP contribution in [-0.2, 0) is 0 Å². The van der Waals surface area contributed by atoms with Crippen LogP contribution in [-0.4, -0.2) is 19.2 Å². The third-order valence-corrected chi connectivity index (χ3v) is 6.93. The van der Waals surface area contributed by atoms with Crippen molar-refractivity contribution in [1.29, 1.82) is 0 Å². The number of hydrogen-bond acceptors (Lipinski definition) is 4. The van der Waals surface area contributed by atoms with E-state index in [0.717, 1.165) is 26.1 Å². The summed E-state index contributed by atoms with van der Waals surface area (Å²) in [5.41, 5.74) is 1.31. The maximum absolute atomic E-state index is 5.40. The van der Waals surface area contributed by atoms with Gasteiger partial charge in [0.1, 0.15) is 5.75 Å². The van der Waals surface area contributed by atoms with Crippen LogP contribution in [0.2, 0.25) is 0 Å². The van der Waals surface area contributed by atoms with E-state index in [2.05, 4.69) is 66.2 Å². The molecule has 0 bridgehead atoms. The van der Waals surface area contributed by atoms with Crippen LogP contribution in [0.25, 0.3) is 0 Å². The van der Waals surface area contributed by atoms with Gasteiger partial charge in [0.05, 0.1) is 11.6 Å². The molecule has 24 heavy (non-hydrogen) atoms. The fourth-order valence-corrected chi connectivity index (χ4v) is 4.98. The monoisotopic (exact) mass is 470 g/mol. The lowest BCUT2D eigenvalue weighted by Crippen LogP contribution is -2.53. The zero-order valence-electron chi connectivity index (χ0n) is 13.4. The maximum Gasteiger partial charge on any atom is 0.134 e. The van der Waals surface area contributed by atoms with Crippen molar-refractivity contribution in [2.24, 2.45) is 0 Å². The number of nitrogens with one attached hydrogen (secondary N) is 2. The van der Waals surface area contributed by atoms with Crippen LogP contribution in [0.5, 0.6) is 5.75 Å². The predicted molar refractivity (Wildman–Crippen MR) is 109 cm³/mol. The van der Waals surface area contributed by atoms with Gasteiger partial charge in [-0.3, -0.25) is 4.72 Å². The molecule has 1 aliphatic rings. The lowest BCUT2D eigenvalue weighted by molar-refractivity contribution is 0.244. The number of anilines is 1. The van der Waals surface area contributed by atoms with E-state index >= 15 is 0 Å². The van der Waals surface area contributed by atoms with Crippen molar-refractivity contribution in [3.63, 3.8) is 0 Å². The Morgan fingerprint density at radius 3 is 2.50 bits per heavy atom. The molecule has 0 spiro atoms. The van der Waals surface area contributed by atoms with Gasteiger partial charge in [-0.05, 0) is 87.3 Å². The molecule has 0 amide bonds. The predicted octanol–water partition coefficient (Wildman–Crippen LogP) is 5.85. The van der Waals surface area contributed by atoms with Crippen LogP contribution in [0.1, 0.15) is 19.3 Å². The first-order chi connectivity index (χ1) is 11.6. The van der Waals surface area contributed by atoms with Crippen molar-refractivity contribution in [3.8, 4) is 5.75 Å². The van der Waals surface area contributed by atoms with Crippen molar-refractivity contribution >= 4 is 49.5 Å². The lowest BCUT2D eigenvalue weighted by atomic mass is 9.77. The van der Waals surface area contributed by atoms with E-state index in [1.807, 2.05) is 18.2 Å². The quantitative estimate of drug-likeness (QED) is 0.496. The highest BCUT2D eigenvalue weighted by molar-refractivity contribution is 9.11. The first kappa shape index (κ1) is 18.1. The van der Waals surface area contributed by atoms with Crippen LogP contribution in [0.4, 0.5) is 5.69 Å². The molecule has 3 nitrogen and oxygen atoms in total. The summed E-state index contributed by atoms with van der Waals surface area (Å²) in [7, 11) is 1.69. The Labute approximate surface area is 164 Å². The minimum absolute atomic E-state index is 0.139. The van der Waals surface area contributed by atoms with E-state index in [0.29, 0.717) is 0 Å². The van der Waals surface area contributed by atoms with E-state index in [1.165, 1.54) is 24.9 Å². The first-order valence-corrected chi connectivity index (χ1v) is 10.3. The van der Waals surface area contributed by atoms with Gasteiger partial charge in [-0.1, -0.05) is 18.2 Å². The van der Waals surface area contributed by atoms with Crippen LogP contribution >= 0.6 is 43.8 Å². The third kappa shape index (κ3) is 4.28. The van der Waals surface area contributed by atoms with E-state index in [1.54, 1.807) is 19.1 Å². The summed E-state index contributed by atoms with van der Waals surface area (Å²) in [4.78, 5) is 1.13. The fraction of sp³-hybridized carbons (Fsp3) is 0.333. The summed E-state index contributed by atoms with van der Waals surface area (Å²) in [5.74, 6) is 0.840. The number of ether oxygens (including phenoxy) is 1. The molecule has 0 heterocycles. The molecule has 1 saturated carbocycles. The maximum atomic E-state index is 5.40. The molecule has 2 aromatic carbocycles. The second-order valence-corrected chi connectivity index (χ2v) is 8.53. The Balaban J connectivity index is 1.63. The zero-order valence-corrected chi connectivity index (χ0v) is 17.4. The van der Waals surface area contributed by atoms with Gasteiger partial charge in [0, 0.05) is 27.1 Å². The third-order valence-electron chi connectivity index (χ3n) is 4.30. The Morgan fingerprint density at radius 1 is 1.12 bits per heavy atom. The summed E-state index contributed by atoms with van der Waals surface area (Å²) in [6, 6.07) is 14.4. The second kappa shape index (κ2) is 8.13. The smallest absolute Gasteiger partial charge is 0.134 e. The highest BCUT2D eigenvalue weighted by atomic mass is 79.9. The molecule has 0 radical (unpaired) electrons. The molecule has 128 valence electrons. The fourth-order valence-electron chi connectivity index (χ4n) is 2.65. The SMILES string of the molecule is COc1cc(SNC2(CNc3ccccc3)CCC2)c(Br)cc1Br. The van der Waals surface area contributed by atoms with E-state index < -0.39 is 0 Å². The van der Waals surface area contributed by atoms with Crippen molar-refractivity contribution in [3.05, 3.63) is 51.4 Å². The van der Waals surface area contributed by atoms with Gasteiger partial charge in [0.15, 0.2) is 0 Å². The molecule has 6 heteroatoms. The first-order valence-electron chi connectivity index (χ1n) is 7.88. The molecule has 1 fully saturated rings. The minimum Gasteiger partial charge on any atom is -0.496 e. The molecule has 2 aromatic rings. The normalized spacial score (nSPS) is 15.6. The van der Waals surface area contributed by atoms with Crippen molar-refractivity contribution < 1.29 is 4.74 Å². The summed E-state index contributed by atoms with van der Waals surface area (Å²) in [6.45, 7) is 0.926. The van der Waals surface area contributed by atoms with Gasteiger partial charge in [-0.25, -0.2) is 0 Å². The molecule has 0 aliphatic heterocycles. The summed E-state index contributed by atoms with van der Waals surface area (Å²) in [5, 5.41) is 3.55. The molecule has 0 saturated heterocycles. The van der Waals surface area contributed by atoms with Gasteiger partial charge in [0.2, 0.25) is 0 Å². The van der Waals surface area contributed by atoms with Crippen LogP contribution in [0, 0.1) is 0 Å². The number of halogens is 2. The van der Waals surface area contributed by atoms with Crippen LogP contribution in [0.15, 0.2) is 56.3 Å². The lowest BCUT2D eigenvalue weighted by Gasteiger charge is -2.42. The standard InChI is InChI=1S/C18H20Br2N2OS/c1-23-16-11-17(15(20)10-14(16)19)24-22-18(8-5-9-18)12-21-13-6-3-2-4-7-13/h2-4,6-7,10-11,21-22H,5,8-9,12H2,1H3. The Morgan fingerprint density at radius 2 is 1.88 bits per heavy atom. The number of methoxy groups -OCH3 is 1. The van der Waals surface area contributed by atoms with Crippen LogP contribution in [0.3, 0.4) is 0 Å². The Hall–Kier alpha value is -0.690. The van der Waals surface area contributed by atoms with Crippen molar-refractivity contribution in [1.82, 2.24) is 4.72 Å². The summed E-state index contributed by atoms with van der Waals surface area (Å²) >= 11 is 8.81. The molecule has 0 unspecified atom stereocenters. The van der Waals surface area contributed by atoms with E-state index in [4.69, 9.17) is 4.74 Å². The van der Waals surface area contributed by atoms with E-state index in [9.17, 15) is 0 Å². The Bertz CT molecular complexity index is 693. The number of hydrogen-bond donors (Lipinski definition) is 2. The highest BCUT2D eigenvalue weighted by Gasteiger charge is 2.37. The van der Waals surface area contributed by atoms with Gasteiger partial charge >= 0.3 is 0 Å². The number of para-hydroxylation sites is 1. The summed E-state index contributed by atoms with van der Waals surface area (Å²) < 4.78 is 11.1. The van der Waals surface area contributed by atoms with Gasteiger partial charge in [-0.2, -0.15) is 0 Å². The second-order valence-electron chi connectivity index (χ2n) is 5.97. The number of benzene rings is 2. The summed E-state index contributed by atoms with van der Waals surface area (Å²) in [6.07, 6.45) is 3.64. The van der Waals surface area contributed by atoms with Gasteiger partial charge in [0.25, 0.3) is 0 Å². The molecular weight excluding hydrogens is 452 g/mol. The average molecular weight is 472 g/mol. The van der Waals surface area contributed by atoms with Crippen molar-refractivity contribution in [2.45, 2.75) is 29.7 Å². The van der Waals surface area contributed by atoms with Crippen molar-refractivity contribution in [2.75, 3.05) is 19.0 Å². The zero-order chi connectivity index (χ0) is 17.0. The Kier molecular flexibility index (Phi) is 6.13. The van der Waals surface area contributed by atoms with Crippen LogP contribution < -0.4 is 14.8 Å². The molecule has 1 aliphatic carbocycles.